The highest BCUT2D eigenvalue weighted by Gasteiger charge is 2.21. The molecule has 126 heavy (non-hydrogen) atoms. The summed E-state index contributed by atoms with van der Waals surface area (Å²) < 4.78 is 19.6. The number of benzene rings is 19. The van der Waals surface area contributed by atoms with Gasteiger partial charge in [-0.25, -0.2) is 0 Å². The van der Waals surface area contributed by atoms with E-state index in [0.29, 0.717) is 0 Å². The minimum Gasteiger partial charge on any atom is -0.309 e. The zero-order chi connectivity index (χ0) is 85.0. The predicted octanol–water partition coefficient (Wildman–Crippen LogP) is 36.8. The highest BCUT2D eigenvalue weighted by molar-refractivity contribution is 9.12. The molecule has 0 aliphatic rings. The summed E-state index contributed by atoms with van der Waals surface area (Å²) >= 11 is 27.3. The van der Waals surface area contributed by atoms with E-state index in [1.165, 1.54) is 197 Å². The van der Waals surface area contributed by atoms with Crippen molar-refractivity contribution >= 4 is 230 Å². The number of hydrogen-bond donors (Lipinski definition) is 0. The number of rotatable bonds is 10. The standard InChI is InChI=1S/C30H17Br2NS.C30H19Br2N.C30H20BrN.C24H15Br2N/c31-20-13-19(14-21(32)16-20)18-9-11-24-23-5-1-3-7-27(23)33(28(24)15-18)22-10-12-30-26(17-22)25-6-2-4-8-29(25)34-30;31-24-16-23(17-25(32)19-24)21-12-10-20(11-13-21)22-14-15-28-27-8-4-5-9-29(27)33(30(28)18-22)26-6-2-1-3-7-26;31-25-18-23(21-9-3-1-4-10-21)17-24(19-25)22-15-16-28-27-13-7-8-14-29(27)32(30(28)20-22)26-11-5-2-6-12-26;25-18-12-17(13-19(26)15-18)16-10-11-22-21-8-4-5-9-23(21)27(24(22)14-16)20-6-2-1-3-7-20/h1-17H;1-19H;1-20H;1-15H. The van der Waals surface area contributed by atoms with Crippen molar-refractivity contribution in [3.63, 3.8) is 0 Å². The maximum absolute atomic E-state index is 3.73. The molecule has 0 saturated heterocycles. The lowest BCUT2D eigenvalue weighted by atomic mass is 9.98. The fourth-order valence-corrected chi connectivity index (χ4v) is 23.3. The third-order valence-corrected chi connectivity index (χ3v) is 27.9. The predicted molar refractivity (Wildman–Crippen MR) is 563 cm³/mol. The van der Waals surface area contributed by atoms with Gasteiger partial charge < -0.3 is 18.3 Å². The van der Waals surface area contributed by atoms with Crippen LogP contribution < -0.4 is 0 Å². The van der Waals surface area contributed by atoms with E-state index in [1.807, 2.05) is 11.3 Å². The zero-order valence-electron chi connectivity index (χ0n) is 67.3. The van der Waals surface area contributed by atoms with E-state index in [-0.39, 0.29) is 0 Å². The van der Waals surface area contributed by atoms with E-state index >= 15 is 0 Å². The fourth-order valence-electron chi connectivity index (χ4n) is 17.9. The summed E-state index contributed by atoms with van der Waals surface area (Å²) in [7, 11) is 0. The van der Waals surface area contributed by atoms with Gasteiger partial charge in [0.25, 0.3) is 0 Å². The molecule has 0 fully saturated rings. The molecule has 0 amide bonds. The number of para-hydroxylation sites is 7. The Labute approximate surface area is 791 Å². The van der Waals surface area contributed by atoms with Crippen molar-refractivity contribution in [1.82, 2.24) is 18.3 Å². The van der Waals surface area contributed by atoms with E-state index < -0.39 is 0 Å². The van der Waals surface area contributed by atoms with Gasteiger partial charge in [0.15, 0.2) is 0 Å². The molecule has 0 radical (unpaired) electrons. The van der Waals surface area contributed by atoms with Crippen LogP contribution in [0.25, 0.3) is 197 Å². The monoisotopic (exact) mass is 2080 g/mol. The van der Waals surface area contributed by atoms with Crippen LogP contribution in [0, 0.1) is 0 Å². The van der Waals surface area contributed by atoms with Gasteiger partial charge in [-0.2, -0.15) is 0 Å². The summed E-state index contributed by atoms with van der Waals surface area (Å²) in [5.41, 5.74) is 28.9. The van der Waals surface area contributed by atoms with Gasteiger partial charge in [-0.15, -0.1) is 11.3 Å². The maximum Gasteiger partial charge on any atom is 0.0547 e. The Morgan fingerprint density at radius 2 is 0.373 bits per heavy atom. The smallest absolute Gasteiger partial charge is 0.0547 e. The topological polar surface area (TPSA) is 19.7 Å². The minimum atomic E-state index is 1.06. The van der Waals surface area contributed by atoms with Crippen molar-refractivity contribution < 1.29 is 0 Å². The molecule has 24 rings (SSSR count). The first-order valence-corrected chi connectivity index (χ1v) is 47.8. The van der Waals surface area contributed by atoms with Gasteiger partial charge in [-0.1, -0.05) is 360 Å². The summed E-state index contributed by atoms with van der Waals surface area (Å²) in [5.74, 6) is 0. The second-order valence-electron chi connectivity index (χ2n) is 31.3. The molecule has 0 N–H and O–H groups in total. The summed E-state index contributed by atoms with van der Waals surface area (Å²) in [6, 6.07) is 154. The molecule has 0 saturated carbocycles. The molecule has 24 aromatic rings. The first-order chi connectivity index (χ1) is 61.8. The van der Waals surface area contributed by atoms with Gasteiger partial charge in [0, 0.05) is 117 Å². The van der Waals surface area contributed by atoms with Gasteiger partial charge in [-0.3, -0.25) is 0 Å². The minimum absolute atomic E-state index is 1.06. The van der Waals surface area contributed by atoms with Gasteiger partial charge in [0.05, 0.1) is 44.1 Å². The normalized spacial score (nSPS) is 11.5. The van der Waals surface area contributed by atoms with Gasteiger partial charge in [0.2, 0.25) is 0 Å². The molecule has 12 heteroatoms. The van der Waals surface area contributed by atoms with Crippen molar-refractivity contribution in [2.75, 3.05) is 0 Å². The van der Waals surface area contributed by atoms with Crippen molar-refractivity contribution in [2.45, 2.75) is 0 Å². The molecule has 0 unspecified atom stereocenters. The highest BCUT2D eigenvalue weighted by atomic mass is 79.9. The second-order valence-corrected chi connectivity index (χ2v) is 38.8. The summed E-state index contributed by atoms with van der Waals surface area (Å²) in [4.78, 5) is 0. The van der Waals surface area contributed by atoms with Crippen LogP contribution in [0.2, 0.25) is 0 Å². The highest BCUT2D eigenvalue weighted by Crippen LogP contribution is 2.44. The van der Waals surface area contributed by atoms with E-state index in [1.54, 1.807) is 0 Å². The molecule has 0 atom stereocenters. The third-order valence-electron chi connectivity index (χ3n) is 23.5. The van der Waals surface area contributed by atoms with Crippen LogP contribution in [0.15, 0.2) is 462 Å². The van der Waals surface area contributed by atoms with Crippen LogP contribution in [-0.2, 0) is 0 Å². The number of hydrogen-bond acceptors (Lipinski definition) is 1. The maximum atomic E-state index is 3.73. The van der Waals surface area contributed by atoms with Gasteiger partial charge in [-0.05, 0) is 249 Å². The van der Waals surface area contributed by atoms with Crippen molar-refractivity contribution in [3.8, 4) is 89.5 Å². The van der Waals surface area contributed by atoms with E-state index in [4.69, 9.17) is 0 Å². The molecule has 0 aliphatic heterocycles. The lowest BCUT2D eigenvalue weighted by Crippen LogP contribution is -1.93. The molecule has 19 aromatic carbocycles. The third kappa shape index (κ3) is 16.0. The second kappa shape index (κ2) is 35.1. The Bertz CT molecular complexity index is 8240. The molecular formula is C114H71Br7N4S. The van der Waals surface area contributed by atoms with E-state index in [2.05, 4.69) is 560 Å². The molecule has 0 spiro atoms. The molecule has 0 aliphatic carbocycles. The quantitative estimate of drug-likeness (QED) is 0.130. The summed E-state index contributed by atoms with van der Waals surface area (Å²) in [5, 5.41) is 12.8. The van der Waals surface area contributed by atoms with E-state index in [9.17, 15) is 0 Å². The average molecular weight is 2090 g/mol. The van der Waals surface area contributed by atoms with E-state index in [0.717, 1.165) is 31.3 Å². The van der Waals surface area contributed by atoms with Crippen LogP contribution >= 0.6 is 123 Å². The molecule has 5 aromatic heterocycles. The molecule has 5 heterocycles. The number of halogens is 7. The van der Waals surface area contributed by atoms with Crippen LogP contribution in [0.4, 0.5) is 0 Å². The molecule has 4 nitrogen and oxygen atoms in total. The molecule has 0 bridgehead atoms. The molecule has 602 valence electrons. The Kier molecular flexibility index (Phi) is 22.5. The largest absolute Gasteiger partial charge is 0.309 e. The van der Waals surface area contributed by atoms with Crippen LogP contribution in [0.1, 0.15) is 0 Å². The van der Waals surface area contributed by atoms with Crippen molar-refractivity contribution in [3.05, 3.63) is 462 Å². The van der Waals surface area contributed by atoms with Crippen LogP contribution in [-0.4, -0.2) is 18.3 Å². The van der Waals surface area contributed by atoms with Gasteiger partial charge in [0.1, 0.15) is 0 Å². The lowest BCUT2D eigenvalue weighted by molar-refractivity contribution is 1.18. The Morgan fingerprint density at radius 1 is 0.135 bits per heavy atom. The average Bonchev–Trinajstić information content (AvgIpc) is 1.61. The number of nitrogens with zero attached hydrogens (tertiary/aromatic N) is 4. The van der Waals surface area contributed by atoms with Gasteiger partial charge >= 0.3 is 0 Å². The lowest BCUT2D eigenvalue weighted by Gasteiger charge is -2.10. The number of fused-ring (bicyclic) bond motifs is 15. The SMILES string of the molecule is Brc1cc(-c2ccccc2)cc(-c2ccc3c4ccccc4n(-c4ccccc4)c3c2)c1.Brc1cc(Br)cc(-c2ccc(-c3ccc4c5ccccc5n(-c5ccccc5)c4c3)cc2)c1.Brc1cc(Br)cc(-c2ccc3c4ccccc4n(-c4ccc5sc6ccccc6c5c4)c3c2)c1.Brc1cc(Br)cc(-c2ccc3c4ccccc4n(-c4ccccc4)c3c2)c1. The van der Waals surface area contributed by atoms with Crippen LogP contribution in [0.5, 0.6) is 0 Å². The van der Waals surface area contributed by atoms with Crippen molar-refractivity contribution in [1.29, 1.82) is 0 Å². The first kappa shape index (κ1) is 81.0. The fraction of sp³-hybridized carbons (Fsp3) is 0. The number of aromatic nitrogens is 4. The van der Waals surface area contributed by atoms with Crippen LogP contribution in [0.3, 0.4) is 0 Å². The molecular weight excluding hydrogens is 2020 g/mol. The zero-order valence-corrected chi connectivity index (χ0v) is 79.3. The van der Waals surface area contributed by atoms with Crippen molar-refractivity contribution in [2.24, 2.45) is 0 Å². The Balaban J connectivity index is 0.000000103. The first-order valence-electron chi connectivity index (χ1n) is 41.4. The Morgan fingerprint density at radius 3 is 0.738 bits per heavy atom. The number of thiophene rings is 1. The Hall–Kier alpha value is -12.0. The summed E-state index contributed by atoms with van der Waals surface area (Å²) in [6.45, 7) is 0. The summed E-state index contributed by atoms with van der Waals surface area (Å²) in [6.07, 6.45) is 0.